The number of fused-ring (bicyclic) bond motifs is 2. The van der Waals surface area contributed by atoms with Gasteiger partial charge in [0.05, 0.1) is 12.3 Å². The van der Waals surface area contributed by atoms with Crippen LogP contribution in [0.3, 0.4) is 0 Å². The van der Waals surface area contributed by atoms with Crippen LogP contribution in [-0.2, 0) is 4.74 Å². The zero-order chi connectivity index (χ0) is 13.0. The van der Waals surface area contributed by atoms with Gasteiger partial charge >= 0.3 is 6.09 Å². The van der Waals surface area contributed by atoms with Crippen LogP contribution in [0.2, 0.25) is 0 Å². The van der Waals surface area contributed by atoms with Crippen LogP contribution in [0.15, 0.2) is 12.8 Å². The number of piperidine rings is 1. The van der Waals surface area contributed by atoms with Crippen molar-refractivity contribution in [1.82, 2.24) is 4.90 Å². The largest absolute Gasteiger partial charge is 0.419 e. The zero-order valence-electron chi connectivity index (χ0n) is 10.7. The summed E-state index contributed by atoms with van der Waals surface area (Å²) in [7, 11) is 0. The van der Waals surface area contributed by atoms with Crippen LogP contribution in [0, 0.1) is 29.1 Å². The van der Waals surface area contributed by atoms with Gasteiger partial charge in [0.1, 0.15) is 0 Å². The van der Waals surface area contributed by atoms with E-state index >= 15 is 0 Å². The molecule has 98 valence electrons. The fourth-order valence-corrected chi connectivity index (χ4v) is 3.55. The summed E-state index contributed by atoms with van der Waals surface area (Å²) in [4.78, 5) is 13.5. The third-order valence-corrected chi connectivity index (χ3v) is 4.30. The van der Waals surface area contributed by atoms with Crippen molar-refractivity contribution in [2.24, 2.45) is 17.8 Å². The molecule has 0 aromatic rings. The fraction of sp³-hybridized carbons (Fsp3) is 0.714. The summed E-state index contributed by atoms with van der Waals surface area (Å²) < 4.78 is 4.86. The second-order valence-corrected chi connectivity index (χ2v) is 5.27. The van der Waals surface area contributed by atoms with E-state index in [4.69, 9.17) is 10.00 Å². The quantitative estimate of drug-likeness (QED) is 0.721. The zero-order valence-corrected chi connectivity index (χ0v) is 10.7. The highest BCUT2D eigenvalue weighted by molar-refractivity contribution is 5.68. The number of nitriles is 1. The Hall–Kier alpha value is -1.50. The van der Waals surface area contributed by atoms with Crippen LogP contribution >= 0.6 is 0 Å². The summed E-state index contributed by atoms with van der Waals surface area (Å²) in [5, 5.41) is 8.72. The van der Waals surface area contributed by atoms with E-state index in [9.17, 15) is 4.79 Å². The van der Waals surface area contributed by atoms with Gasteiger partial charge in [-0.3, -0.25) is 0 Å². The van der Waals surface area contributed by atoms with Gasteiger partial charge in [-0.2, -0.15) is 5.26 Å². The van der Waals surface area contributed by atoms with Crippen LogP contribution in [0.1, 0.15) is 32.1 Å². The molecule has 1 saturated heterocycles. The molecule has 1 aliphatic carbocycles. The predicted molar refractivity (Wildman–Crippen MR) is 67.4 cm³/mol. The van der Waals surface area contributed by atoms with Crippen molar-refractivity contribution >= 4 is 6.09 Å². The Morgan fingerprint density at radius 1 is 1.44 bits per heavy atom. The van der Waals surface area contributed by atoms with Gasteiger partial charge < -0.3 is 9.64 Å². The van der Waals surface area contributed by atoms with Gasteiger partial charge in [0.15, 0.2) is 0 Å². The van der Waals surface area contributed by atoms with Crippen molar-refractivity contribution in [2.75, 3.05) is 13.1 Å². The number of hydrogen-bond acceptors (Lipinski definition) is 3. The van der Waals surface area contributed by atoms with Crippen molar-refractivity contribution in [3.8, 4) is 6.07 Å². The van der Waals surface area contributed by atoms with Crippen molar-refractivity contribution in [3.05, 3.63) is 12.8 Å². The highest BCUT2D eigenvalue weighted by atomic mass is 16.5. The van der Waals surface area contributed by atoms with Crippen LogP contribution in [0.25, 0.3) is 0 Å². The first kappa shape index (κ1) is 12.9. The fourth-order valence-electron chi connectivity index (χ4n) is 3.55. The molecule has 18 heavy (non-hydrogen) atoms. The molecule has 2 unspecified atom stereocenters. The number of amides is 1. The Morgan fingerprint density at radius 3 is 2.67 bits per heavy atom. The van der Waals surface area contributed by atoms with Gasteiger partial charge in [-0.25, -0.2) is 4.79 Å². The first-order chi connectivity index (χ1) is 8.76. The van der Waals surface area contributed by atoms with Crippen molar-refractivity contribution in [2.45, 2.75) is 32.1 Å². The molecule has 1 aliphatic heterocycles. The van der Waals surface area contributed by atoms with Crippen molar-refractivity contribution < 1.29 is 9.53 Å². The summed E-state index contributed by atoms with van der Waals surface area (Å²) >= 11 is 0. The summed E-state index contributed by atoms with van der Waals surface area (Å²) in [6.45, 7) is 4.97. The molecular weight excluding hydrogens is 228 g/mol. The lowest BCUT2D eigenvalue weighted by Crippen LogP contribution is -2.50. The van der Waals surface area contributed by atoms with E-state index in [0.29, 0.717) is 24.2 Å². The van der Waals surface area contributed by atoms with Gasteiger partial charge in [-0.1, -0.05) is 13.0 Å². The molecule has 2 rings (SSSR count). The molecule has 0 N–H and O–H groups in total. The van der Waals surface area contributed by atoms with Gasteiger partial charge in [0.2, 0.25) is 0 Å². The lowest BCUT2D eigenvalue weighted by Gasteiger charge is -2.46. The molecule has 0 radical (unpaired) electrons. The summed E-state index contributed by atoms with van der Waals surface area (Å²) in [6, 6.07) is 2.24. The lowest BCUT2D eigenvalue weighted by atomic mass is 9.67. The molecule has 0 aromatic carbocycles. The van der Waals surface area contributed by atoms with E-state index in [1.807, 2.05) is 0 Å². The number of ether oxygens (including phenoxy) is 1. The maximum atomic E-state index is 11.7. The molecule has 0 spiro atoms. The molecule has 0 aromatic heterocycles. The summed E-state index contributed by atoms with van der Waals surface area (Å²) in [5.41, 5.74) is 0. The van der Waals surface area contributed by atoms with Gasteiger partial charge in [-0.15, -0.1) is 0 Å². The molecular formula is C14H20N2O2. The van der Waals surface area contributed by atoms with E-state index in [1.54, 1.807) is 4.90 Å². The van der Waals surface area contributed by atoms with E-state index in [-0.39, 0.29) is 6.09 Å². The standard InChI is InChI=1S/C14H20N2O2/c1-2-18-14(17)16-9-11-5-3-6-12(10-16)13(11)7-4-8-15/h2,11-13H,1,3-7,9-10H2. The van der Waals surface area contributed by atoms with Crippen LogP contribution < -0.4 is 0 Å². The molecule has 1 amide bonds. The number of carbonyl (C=O) groups is 1. The Labute approximate surface area is 108 Å². The maximum Gasteiger partial charge on any atom is 0.414 e. The average molecular weight is 248 g/mol. The van der Waals surface area contributed by atoms with Gasteiger partial charge in [0.25, 0.3) is 0 Å². The summed E-state index contributed by atoms with van der Waals surface area (Å²) in [5.74, 6) is 1.71. The lowest BCUT2D eigenvalue weighted by molar-refractivity contribution is 0.0219. The minimum atomic E-state index is -0.277. The SMILES string of the molecule is C=COC(=O)N1CC2CCCC(C1)C2CCC#N. The van der Waals surface area contributed by atoms with Crippen molar-refractivity contribution in [1.29, 1.82) is 5.26 Å². The summed E-state index contributed by atoms with van der Waals surface area (Å²) in [6.07, 6.45) is 6.13. The predicted octanol–water partition coefficient (Wildman–Crippen LogP) is 2.92. The van der Waals surface area contributed by atoms with Crippen molar-refractivity contribution in [3.63, 3.8) is 0 Å². The number of carbonyl (C=O) groups excluding carboxylic acids is 1. The van der Waals surface area contributed by atoms with Crippen LogP contribution in [0.5, 0.6) is 0 Å². The molecule has 4 heteroatoms. The van der Waals surface area contributed by atoms with Gasteiger partial charge in [-0.05, 0) is 37.0 Å². The molecule has 2 aliphatic rings. The minimum Gasteiger partial charge on any atom is -0.419 e. The molecule has 2 atom stereocenters. The van der Waals surface area contributed by atoms with Crippen LogP contribution in [-0.4, -0.2) is 24.1 Å². The molecule has 2 bridgehead atoms. The molecule has 2 fully saturated rings. The van der Waals surface area contributed by atoms with Crippen LogP contribution in [0.4, 0.5) is 4.79 Å². The smallest absolute Gasteiger partial charge is 0.414 e. The normalized spacial score (nSPS) is 30.4. The number of nitrogens with zero attached hydrogens (tertiary/aromatic N) is 2. The average Bonchev–Trinajstić information content (AvgIpc) is 2.35. The molecule has 1 heterocycles. The third kappa shape index (κ3) is 2.66. The first-order valence-electron chi connectivity index (χ1n) is 6.69. The van der Waals surface area contributed by atoms with E-state index in [1.165, 1.54) is 25.5 Å². The third-order valence-electron chi connectivity index (χ3n) is 4.30. The van der Waals surface area contributed by atoms with Gasteiger partial charge in [0, 0.05) is 19.5 Å². The maximum absolute atomic E-state index is 11.7. The monoisotopic (exact) mass is 248 g/mol. The second-order valence-electron chi connectivity index (χ2n) is 5.27. The second kappa shape index (κ2) is 5.90. The highest BCUT2D eigenvalue weighted by Gasteiger charge is 2.40. The number of likely N-dealkylation sites (tertiary alicyclic amines) is 1. The first-order valence-corrected chi connectivity index (χ1v) is 6.69. The Balaban J connectivity index is 1.99. The minimum absolute atomic E-state index is 0.277. The Kier molecular flexibility index (Phi) is 4.24. The van der Waals surface area contributed by atoms with E-state index in [0.717, 1.165) is 19.5 Å². The topological polar surface area (TPSA) is 53.3 Å². The Morgan fingerprint density at radius 2 is 2.11 bits per heavy atom. The Bertz CT molecular complexity index is 347. The number of rotatable bonds is 3. The molecule has 4 nitrogen and oxygen atoms in total. The number of hydrogen-bond donors (Lipinski definition) is 0. The van der Waals surface area contributed by atoms with E-state index in [2.05, 4.69) is 12.6 Å². The van der Waals surface area contributed by atoms with E-state index < -0.39 is 0 Å². The molecule has 1 saturated carbocycles. The highest BCUT2D eigenvalue weighted by Crippen LogP contribution is 2.42.